The number of nitrogens with zero attached hydrogens (tertiary/aromatic N) is 1. The minimum Gasteiger partial charge on any atom is -0.486 e. The van der Waals surface area contributed by atoms with Crippen LogP contribution in [0.1, 0.15) is 5.69 Å². The molecular weight excluding hydrogens is 280 g/mol. The second-order valence-corrected chi connectivity index (χ2v) is 4.55. The summed E-state index contributed by atoms with van der Waals surface area (Å²) in [7, 11) is 0. The van der Waals surface area contributed by atoms with Gasteiger partial charge >= 0.3 is 0 Å². The summed E-state index contributed by atoms with van der Waals surface area (Å²) >= 11 is 17.6. The van der Waals surface area contributed by atoms with Crippen molar-refractivity contribution in [3.63, 3.8) is 0 Å². The molecule has 0 aliphatic carbocycles. The van der Waals surface area contributed by atoms with E-state index in [0.717, 1.165) is 5.69 Å². The van der Waals surface area contributed by atoms with Gasteiger partial charge in [0.1, 0.15) is 17.5 Å². The van der Waals surface area contributed by atoms with Crippen LogP contribution in [-0.2, 0) is 6.61 Å². The Balaban J connectivity index is 2.09. The van der Waals surface area contributed by atoms with Crippen LogP contribution in [0.25, 0.3) is 0 Å². The Kier molecular flexibility index (Phi) is 4.11. The van der Waals surface area contributed by atoms with E-state index >= 15 is 0 Å². The van der Waals surface area contributed by atoms with Crippen molar-refractivity contribution in [2.75, 3.05) is 0 Å². The van der Waals surface area contributed by atoms with Crippen molar-refractivity contribution < 1.29 is 4.74 Å². The van der Waals surface area contributed by atoms with E-state index in [1.807, 2.05) is 12.1 Å². The molecule has 0 atom stereocenters. The SMILES string of the molecule is Clc1ccc(Cl)c(OCc2cccc(Cl)n2)c1. The predicted octanol–water partition coefficient (Wildman–Crippen LogP) is 4.62. The lowest BCUT2D eigenvalue weighted by Crippen LogP contribution is -1.98. The van der Waals surface area contributed by atoms with Crippen LogP contribution in [0, 0.1) is 0 Å². The van der Waals surface area contributed by atoms with Gasteiger partial charge in [-0.3, -0.25) is 0 Å². The molecule has 1 aromatic heterocycles. The number of hydrogen-bond acceptors (Lipinski definition) is 2. The molecule has 1 aromatic carbocycles. The Hall–Kier alpha value is -0.960. The topological polar surface area (TPSA) is 22.1 Å². The van der Waals surface area contributed by atoms with Gasteiger partial charge in [0, 0.05) is 11.1 Å². The van der Waals surface area contributed by atoms with Gasteiger partial charge in [-0.05, 0) is 24.3 Å². The summed E-state index contributed by atoms with van der Waals surface area (Å²) in [5, 5.41) is 1.52. The van der Waals surface area contributed by atoms with Crippen molar-refractivity contribution in [1.29, 1.82) is 0 Å². The molecule has 2 rings (SSSR count). The molecule has 5 heteroatoms. The summed E-state index contributed by atoms with van der Waals surface area (Å²) < 4.78 is 5.52. The van der Waals surface area contributed by atoms with E-state index in [4.69, 9.17) is 39.5 Å². The van der Waals surface area contributed by atoms with Crippen LogP contribution in [0.2, 0.25) is 15.2 Å². The molecule has 0 bridgehead atoms. The molecule has 0 saturated heterocycles. The number of rotatable bonds is 3. The van der Waals surface area contributed by atoms with Gasteiger partial charge in [0.15, 0.2) is 0 Å². The lowest BCUT2D eigenvalue weighted by Gasteiger charge is -2.08. The highest BCUT2D eigenvalue weighted by atomic mass is 35.5. The smallest absolute Gasteiger partial charge is 0.139 e. The van der Waals surface area contributed by atoms with Crippen molar-refractivity contribution in [2.24, 2.45) is 0 Å². The fourth-order valence-electron chi connectivity index (χ4n) is 1.27. The zero-order valence-corrected chi connectivity index (χ0v) is 10.9. The van der Waals surface area contributed by atoms with Crippen molar-refractivity contribution >= 4 is 34.8 Å². The Morgan fingerprint density at radius 3 is 2.65 bits per heavy atom. The van der Waals surface area contributed by atoms with Gasteiger partial charge in [0.05, 0.1) is 10.7 Å². The molecule has 17 heavy (non-hydrogen) atoms. The molecule has 0 fully saturated rings. The van der Waals surface area contributed by atoms with Crippen LogP contribution < -0.4 is 4.74 Å². The Labute approximate surface area is 114 Å². The summed E-state index contributed by atoms with van der Waals surface area (Å²) in [6, 6.07) is 10.4. The molecule has 0 N–H and O–H groups in total. The molecule has 0 unspecified atom stereocenters. The van der Waals surface area contributed by atoms with Gasteiger partial charge in [0.25, 0.3) is 0 Å². The monoisotopic (exact) mass is 287 g/mol. The van der Waals surface area contributed by atoms with Gasteiger partial charge in [0.2, 0.25) is 0 Å². The maximum Gasteiger partial charge on any atom is 0.139 e. The van der Waals surface area contributed by atoms with Crippen LogP contribution in [0.4, 0.5) is 0 Å². The summed E-state index contributed by atoms with van der Waals surface area (Å²) in [5.41, 5.74) is 0.730. The van der Waals surface area contributed by atoms with Crippen molar-refractivity contribution in [3.8, 4) is 5.75 Å². The predicted molar refractivity (Wildman–Crippen MR) is 70.0 cm³/mol. The third-order valence-electron chi connectivity index (χ3n) is 2.04. The quantitative estimate of drug-likeness (QED) is 0.769. The maximum atomic E-state index is 5.96. The van der Waals surface area contributed by atoms with Crippen molar-refractivity contribution in [3.05, 3.63) is 57.3 Å². The molecule has 0 aliphatic heterocycles. The lowest BCUT2D eigenvalue weighted by molar-refractivity contribution is 0.301. The summed E-state index contributed by atoms with van der Waals surface area (Å²) in [6.07, 6.45) is 0. The second-order valence-electron chi connectivity index (χ2n) is 3.32. The van der Waals surface area contributed by atoms with Crippen LogP contribution in [0.15, 0.2) is 36.4 Å². The molecular formula is C12H8Cl3NO. The van der Waals surface area contributed by atoms with Gasteiger partial charge in [-0.2, -0.15) is 0 Å². The van der Waals surface area contributed by atoms with Crippen molar-refractivity contribution in [1.82, 2.24) is 4.98 Å². The van der Waals surface area contributed by atoms with E-state index in [2.05, 4.69) is 4.98 Å². The first-order valence-corrected chi connectivity index (χ1v) is 5.98. The lowest BCUT2D eigenvalue weighted by atomic mass is 10.3. The molecule has 0 radical (unpaired) electrons. The van der Waals surface area contributed by atoms with Crippen LogP contribution in [-0.4, -0.2) is 4.98 Å². The van der Waals surface area contributed by atoms with Gasteiger partial charge in [-0.25, -0.2) is 4.98 Å². The van der Waals surface area contributed by atoms with E-state index in [-0.39, 0.29) is 0 Å². The van der Waals surface area contributed by atoms with Gasteiger partial charge in [-0.15, -0.1) is 0 Å². The molecule has 0 amide bonds. The number of ether oxygens (including phenoxy) is 1. The molecule has 1 heterocycles. The molecule has 2 aromatic rings. The molecule has 0 saturated carbocycles. The minimum absolute atomic E-state index is 0.292. The zero-order chi connectivity index (χ0) is 12.3. The summed E-state index contributed by atoms with van der Waals surface area (Å²) in [6.45, 7) is 0.292. The zero-order valence-electron chi connectivity index (χ0n) is 8.66. The number of aromatic nitrogens is 1. The van der Waals surface area contributed by atoms with E-state index in [1.165, 1.54) is 0 Å². The van der Waals surface area contributed by atoms with Gasteiger partial charge in [-0.1, -0.05) is 40.9 Å². The minimum atomic E-state index is 0.292. The molecule has 2 nitrogen and oxygen atoms in total. The second kappa shape index (κ2) is 5.58. The highest BCUT2D eigenvalue weighted by molar-refractivity contribution is 6.34. The Morgan fingerprint density at radius 2 is 1.88 bits per heavy atom. The average molecular weight is 289 g/mol. The van der Waals surface area contributed by atoms with E-state index in [1.54, 1.807) is 24.3 Å². The fraction of sp³-hybridized carbons (Fsp3) is 0.0833. The van der Waals surface area contributed by atoms with E-state index in [0.29, 0.717) is 27.6 Å². The number of benzene rings is 1. The third-order valence-corrected chi connectivity index (χ3v) is 2.80. The standard InChI is InChI=1S/C12H8Cl3NO/c13-8-4-5-10(14)11(6-8)17-7-9-2-1-3-12(15)16-9/h1-6H,7H2. The molecule has 88 valence electrons. The number of pyridine rings is 1. The van der Waals surface area contributed by atoms with Crippen LogP contribution >= 0.6 is 34.8 Å². The number of hydrogen-bond donors (Lipinski definition) is 0. The largest absolute Gasteiger partial charge is 0.486 e. The summed E-state index contributed by atoms with van der Waals surface area (Å²) in [4.78, 5) is 4.10. The van der Waals surface area contributed by atoms with Crippen LogP contribution in [0.3, 0.4) is 0 Å². The molecule has 0 aliphatic rings. The summed E-state index contributed by atoms with van der Waals surface area (Å²) in [5.74, 6) is 0.529. The maximum absolute atomic E-state index is 5.96. The van der Waals surface area contributed by atoms with Crippen molar-refractivity contribution in [2.45, 2.75) is 6.61 Å². The first-order chi connectivity index (χ1) is 8.15. The molecule has 0 spiro atoms. The van der Waals surface area contributed by atoms with E-state index in [9.17, 15) is 0 Å². The highest BCUT2D eigenvalue weighted by Gasteiger charge is 2.03. The normalized spacial score (nSPS) is 10.3. The first kappa shape index (κ1) is 12.5. The Morgan fingerprint density at radius 1 is 1.06 bits per heavy atom. The van der Waals surface area contributed by atoms with Crippen LogP contribution in [0.5, 0.6) is 5.75 Å². The fourth-order valence-corrected chi connectivity index (χ4v) is 1.79. The Bertz CT molecular complexity index is 531. The highest BCUT2D eigenvalue weighted by Crippen LogP contribution is 2.28. The number of halogens is 3. The van der Waals surface area contributed by atoms with E-state index < -0.39 is 0 Å². The average Bonchev–Trinajstić information content (AvgIpc) is 2.30. The first-order valence-electron chi connectivity index (χ1n) is 4.84. The third kappa shape index (κ3) is 3.50. The van der Waals surface area contributed by atoms with Gasteiger partial charge < -0.3 is 4.74 Å².